The third-order valence-corrected chi connectivity index (χ3v) is 4.90. The molecule has 0 saturated heterocycles. The molecular formula is C19H16FN3O4S. The van der Waals surface area contributed by atoms with Crippen molar-refractivity contribution in [3.05, 3.63) is 60.2 Å². The molecule has 0 fully saturated rings. The number of hydrogen-bond acceptors (Lipinski definition) is 7. The zero-order chi connectivity index (χ0) is 19.5. The fraction of sp³-hybridized carbons (Fsp3) is 0.211. The van der Waals surface area contributed by atoms with Crippen LogP contribution in [0.5, 0.6) is 11.5 Å². The summed E-state index contributed by atoms with van der Waals surface area (Å²) in [5.41, 5.74) is 0.511. The van der Waals surface area contributed by atoms with E-state index in [0.717, 1.165) is 11.8 Å². The summed E-state index contributed by atoms with van der Waals surface area (Å²) < 4.78 is 30.1. The molecule has 1 aliphatic heterocycles. The van der Waals surface area contributed by atoms with Crippen molar-refractivity contribution in [2.75, 3.05) is 11.9 Å². The molecule has 9 heteroatoms. The monoisotopic (exact) mass is 401 g/mol. The minimum Gasteiger partial charge on any atom is -0.485 e. The van der Waals surface area contributed by atoms with Gasteiger partial charge in [0.25, 0.3) is 11.1 Å². The molecule has 0 spiro atoms. The first-order chi connectivity index (χ1) is 13.6. The molecule has 0 saturated carbocycles. The van der Waals surface area contributed by atoms with E-state index in [9.17, 15) is 9.18 Å². The summed E-state index contributed by atoms with van der Waals surface area (Å²) in [5.74, 6) is 0.929. The Bertz CT molecular complexity index is 979. The summed E-state index contributed by atoms with van der Waals surface area (Å²) in [6.45, 7) is 1.97. The molecule has 7 nitrogen and oxygen atoms in total. The van der Waals surface area contributed by atoms with E-state index in [2.05, 4.69) is 15.5 Å². The van der Waals surface area contributed by atoms with Crippen molar-refractivity contribution >= 4 is 23.4 Å². The number of thioether (sulfide) groups is 1. The Morgan fingerprint density at radius 1 is 1.18 bits per heavy atom. The van der Waals surface area contributed by atoms with Crippen LogP contribution >= 0.6 is 11.8 Å². The molecule has 2 heterocycles. The van der Waals surface area contributed by atoms with E-state index in [1.807, 2.05) is 18.2 Å². The Hall–Kier alpha value is -3.07. The number of fused-ring (bicyclic) bond motifs is 1. The van der Waals surface area contributed by atoms with Gasteiger partial charge in [-0.1, -0.05) is 23.9 Å². The minimum absolute atomic E-state index is 0.249. The van der Waals surface area contributed by atoms with Gasteiger partial charge in [-0.25, -0.2) is 4.39 Å². The second-order valence-electron chi connectivity index (χ2n) is 6.03. The number of halogens is 1. The average molecular weight is 401 g/mol. The number of nitrogens with one attached hydrogen (secondary N) is 1. The van der Waals surface area contributed by atoms with Crippen LogP contribution in [-0.4, -0.2) is 28.0 Å². The number of carbonyl (C=O) groups is 1. The predicted octanol–water partition coefficient (Wildman–Crippen LogP) is 3.84. The molecule has 0 radical (unpaired) electrons. The van der Waals surface area contributed by atoms with Crippen LogP contribution in [0.15, 0.2) is 58.2 Å². The van der Waals surface area contributed by atoms with Gasteiger partial charge in [0.05, 0.1) is 5.25 Å². The molecule has 1 aliphatic rings. The Morgan fingerprint density at radius 3 is 2.71 bits per heavy atom. The second-order valence-corrected chi connectivity index (χ2v) is 7.32. The lowest BCUT2D eigenvalue weighted by Gasteiger charge is -2.23. The van der Waals surface area contributed by atoms with Crippen molar-refractivity contribution in [1.82, 2.24) is 10.2 Å². The van der Waals surface area contributed by atoms with E-state index in [4.69, 9.17) is 13.9 Å². The summed E-state index contributed by atoms with van der Waals surface area (Å²) in [6.07, 6.45) is -0.514. The van der Waals surface area contributed by atoms with Gasteiger partial charge in [-0.15, -0.1) is 10.2 Å². The highest BCUT2D eigenvalue weighted by molar-refractivity contribution is 8.00. The largest absolute Gasteiger partial charge is 0.485 e. The van der Waals surface area contributed by atoms with Gasteiger partial charge in [0.15, 0.2) is 11.5 Å². The Kier molecular flexibility index (Phi) is 5.16. The highest BCUT2D eigenvalue weighted by atomic mass is 32.2. The number of rotatable bonds is 5. The number of anilines is 1. The number of aromatic nitrogens is 2. The van der Waals surface area contributed by atoms with Crippen LogP contribution < -0.4 is 14.8 Å². The van der Waals surface area contributed by atoms with E-state index in [0.29, 0.717) is 17.2 Å². The lowest BCUT2D eigenvalue weighted by atomic mass is 10.2. The van der Waals surface area contributed by atoms with Crippen LogP contribution in [0.3, 0.4) is 0 Å². The number of amides is 1. The second kappa shape index (κ2) is 7.89. The zero-order valence-corrected chi connectivity index (χ0v) is 15.6. The number of nitrogens with zero attached hydrogens (tertiary/aromatic N) is 2. The van der Waals surface area contributed by atoms with Gasteiger partial charge in [0.1, 0.15) is 12.4 Å². The number of carbonyl (C=O) groups excluding carboxylic acids is 1. The molecule has 1 amide bonds. The topological polar surface area (TPSA) is 86.5 Å². The van der Waals surface area contributed by atoms with Crippen LogP contribution in [0.1, 0.15) is 18.9 Å². The fourth-order valence-electron chi connectivity index (χ4n) is 2.52. The van der Waals surface area contributed by atoms with E-state index >= 15 is 0 Å². The zero-order valence-electron chi connectivity index (χ0n) is 14.8. The van der Waals surface area contributed by atoms with Crippen LogP contribution in [0.25, 0.3) is 0 Å². The van der Waals surface area contributed by atoms with Crippen LogP contribution in [0.2, 0.25) is 0 Å². The molecule has 0 unspecified atom stereocenters. The quantitative estimate of drug-likeness (QED) is 0.650. The molecule has 2 atom stereocenters. The lowest BCUT2D eigenvalue weighted by Crippen LogP contribution is -2.22. The molecule has 144 valence electrons. The molecular weight excluding hydrogens is 385 g/mol. The van der Waals surface area contributed by atoms with Crippen LogP contribution in [-0.2, 0) is 4.79 Å². The molecule has 1 N–H and O–H groups in total. The first kappa shape index (κ1) is 18.3. The third-order valence-electron chi connectivity index (χ3n) is 3.96. The number of para-hydroxylation sites is 2. The van der Waals surface area contributed by atoms with Crippen molar-refractivity contribution < 1.29 is 23.1 Å². The summed E-state index contributed by atoms with van der Waals surface area (Å²) in [7, 11) is 0. The van der Waals surface area contributed by atoms with Crippen LogP contribution in [0, 0.1) is 5.82 Å². The number of hydrogen-bond donors (Lipinski definition) is 1. The Balaban J connectivity index is 1.36. The first-order valence-corrected chi connectivity index (χ1v) is 9.41. The predicted molar refractivity (Wildman–Crippen MR) is 100.0 cm³/mol. The summed E-state index contributed by atoms with van der Waals surface area (Å²) >= 11 is 1.12. The molecule has 0 bridgehead atoms. The number of ether oxygens (including phenoxy) is 2. The molecule has 3 aromatic rings. The highest BCUT2D eigenvalue weighted by Gasteiger charge is 2.28. The van der Waals surface area contributed by atoms with Gasteiger partial charge in [0.2, 0.25) is 12.0 Å². The first-order valence-electron chi connectivity index (χ1n) is 8.53. The summed E-state index contributed by atoms with van der Waals surface area (Å²) in [4.78, 5) is 12.3. The highest BCUT2D eigenvalue weighted by Crippen LogP contribution is 2.36. The van der Waals surface area contributed by atoms with Gasteiger partial charge < -0.3 is 19.2 Å². The van der Waals surface area contributed by atoms with E-state index in [-0.39, 0.29) is 29.4 Å². The minimum atomic E-state index is -0.514. The SMILES string of the molecule is C[C@H](Sc1nnc([C@@H]2COc3ccccc3O2)o1)C(=O)Nc1ccc(F)cc1. The molecule has 4 rings (SSSR count). The van der Waals surface area contributed by atoms with Crippen molar-refractivity contribution in [2.24, 2.45) is 0 Å². The number of benzene rings is 2. The van der Waals surface area contributed by atoms with E-state index < -0.39 is 11.4 Å². The lowest BCUT2D eigenvalue weighted by molar-refractivity contribution is -0.115. The van der Waals surface area contributed by atoms with E-state index in [1.165, 1.54) is 24.3 Å². The maximum Gasteiger partial charge on any atom is 0.277 e. The van der Waals surface area contributed by atoms with Gasteiger partial charge in [-0.2, -0.15) is 0 Å². The average Bonchev–Trinajstić information content (AvgIpc) is 3.17. The summed E-state index contributed by atoms with van der Waals surface area (Å²) in [6, 6.07) is 12.9. The molecule has 28 heavy (non-hydrogen) atoms. The maximum atomic E-state index is 12.9. The van der Waals surface area contributed by atoms with Gasteiger partial charge in [0, 0.05) is 5.69 Å². The van der Waals surface area contributed by atoms with E-state index in [1.54, 1.807) is 13.0 Å². The molecule has 2 aromatic carbocycles. The van der Waals surface area contributed by atoms with Crippen LogP contribution in [0.4, 0.5) is 10.1 Å². The standard InChI is InChI=1S/C19H16FN3O4S/c1-11(17(24)21-13-8-6-12(20)7-9-13)28-19-23-22-18(27-19)16-10-25-14-4-2-3-5-15(14)26-16/h2-9,11,16H,10H2,1H3,(H,21,24)/t11-,16-/m0/s1. The fourth-order valence-corrected chi connectivity index (χ4v) is 3.21. The van der Waals surface area contributed by atoms with Crippen molar-refractivity contribution in [3.8, 4) is 11.5 Å². The summed E-state index contributed by atoms with van der Waals surface area (Å²) in [5, 5.41) is 10.4. The maximum absolute atomic E-state index is 12.9. The third kappa shape index (κ3) is 4.09. The Labute approximate surface area is 164 Å². The van der Waals surface area contributed by atoms with Crippen molar-refractivity contribution in [3.63, 3.8) is 0 Å². The molecule has 0 aliphatic carbocycles. The van der Waals surface area contributed by atoms with Gasteiger partial charge >= 0.3 is 0 Å². The van der Waals surface area contributed by atoms with Crippen molar-refractivity contribution in [2.45, 2.75) is 23.5 Å². The van der Waals surface area contributed by atoms with Gasteiger partial charge in [-0.3, -0.25) is 4.79 Å². The smallest absolute Gasteiger partial charge is 0.277 e. The molecule has 1 aromatic heterocycles. The normalized spacial score (nSPS) is 16.4. The Morgan fingerprint density at radius 2 is 1.93 bits per heavy atom. The van der Waals surface area contributed by atoms with Crippen molar-refractivity contribution in [1.29, 1.82) is 0 Å². The van der Waals surface area contributed by atoms with Gasteiger partial charge in [-0.05, 0) is 43.3 Å².